The molecule has 8 nitrogen and oxygen atoms in total. The van der Waals surface area contributed by atoms with E-state index in [0.29, 0.717) is 65.9 Å². The maximum Gasteiger partial charge on any atom is 0.405 e. The number of aliphatic imine (C=N–C) groups is 1. The number of nitrogens with one attached hydrogen (secondary N) is 1. The second-order valence-corrected chi connectivity index (χ2v) is 6.06. The fourth-order valence-electron chi connectivity index (χ4n) is 1.42. The smallest absolute Gasteiger partial charge is 0.378 e. The van der Waals surface area contributed by atoms with Crippen LogP contribution in [0.15, 0.2) is 4.99 Å². The van der Waals surface area contributed by atoms with E-state index in [1.165, 1.54) is 0 Å². The molecule has 0 saturated heterocycles. The molecular formula is C13H27N2O6PS. The Hall–Kier alpha value is -0.210. The number of hydrogen-bond donors (Lipinski definition) is 1. The van der Waals surface area contributed by atoms with E-state index in [4.69, 9.17) is 23.3 Å². The molecule has 10 heteroatoms. The van der Waals surface area contributed by atoms with E-state index in [1.807, 2.05) is 0 Å². The lowest BCUT2D eigenvalue weighted by Crippen LogP contribution is -2.21. The van der Waals surface area contributed by atoms with Crippen LogP contribution in [0.5, 0.6) is 0 Å². The zero-order chi connectivity index (χ0) is 17.2. The maximum absolute atomic E-state index is 12.0. The van der Waals surface area contributed by atoms with Crippen molar-refractivity contribution < 1.29 is 27.8 Å². The Balaban J connectivity index is 3.38. The normalized spacial score (nSPS) is 11.4. The van der Waals surface area contributed by atoms with Gasteiger partial charge < -0.3 is 14.2 Å². The first-order valence-electron chi connectivity index (χ1n) is 7.59. The third-order valence-corrected chi connectivity index (χ3v) is 4.24. The van der Waals surface area contributed by atoms with E-state index in [2.05, 4.69) is 27.5 Å². The summed E-state index contributed by atoms with van der Waals surface area (Å²) >= 11 is 4.43. The Morgan fingerprint density at radius 2 is 1.48 bits per heavy atom. The van der Waals surface area contributed by atoms with Crippen LogP contribution in [0.3, 0.4) is 0 Å². The second-order valence-electron chi connectivity index (χ2n) is 4.05. The lowest BCUT2D eigenvalue weighted by atomic mass is 10.6. The van der Waals surface area contributed by atoms with Crippen LogP contribution in [0, 0.1) is 0 Å². The highest BCUT2D eigenvalue weighted by Crippen LogP contribution is 2.42. The Bertz CT molecular complexity index is 358. The SMILES string of the molecule is CCOP(=O)(NCCOCCOCCOCCN=C=S)OCC. The van der Waals surface area contributed by atoms with Gasteiger partial charge in [0.15, 0.2) is 0 Å². The highest BCUT2D eigenvalue weighted by atomic mass is 32.1. The van der Waals surface area contributed by atoms with Crippen LogP contribution in [0.4, 0.5) is 0 Å². The summed E-state index contributed by atoms with van der Waals surface area (Å²) in [5, 5.41) is 5.01. The minimum absolute atomic E-state index is 0.318. The minimum Gasteiger partial charge on any atom is -0.378 e. The number of thiocarbonyl (C=S) groups is 1. The Kier molecular flexibility index (Phi) is 16.5. The molecule has 0 rings (SSSR count). The Morgan fingerprint density at radius 1 is 0.957 bits per heavy atom. The van der Waals surface area contributed by atoms with Crippen molar-refractivity contribution in [2.45, 2.75) is 13.8 Å². The summed E-state index contributed by atoms with van der Waals surface area (Å²) in [7, 11) is -3.20. The molecule has 0 saturated carbocycles. The van der Waals surface area contributed by atoms with Gasteiger partial charge in [-0.1, -0.05) is 0 Å². The van der Waals surface area contributed by atoms with Crippen LogP contribution < -0.4 is 5.09 Å². The summed E-state index contributed by atoms with van der Waals surface area (Å²) in [6, 6.07) is 0. The molecule has 0 aromatic carbocycles. The van der Waals surface area contributed by atoms with Gasteiger partial charge in [-0.15, -0.1) is 0 Å². The number of nitrogens with zero attached hydrogens (tertiary/aromatic N) is 1. The third-order valence-electron chi connectivity index (χ3n) is 2.31. The van der Waals surface area contributed by atoms with E-state index in [1.54, 1.807) is 13.8 Å². The third kappa shape index (κ3) is 15.1. The van der Waals surface area contributed by atoms with Crippen LogP contribution in [0.25, 0.3) is 0 Å². The largest absolute Gasteiger partial charge is 0.405 e. The molecule has 0 aromatic rings. The fourth-order valence-corrected chi connectivity index (χ4v) is 2.81. The first kappa shape index (κ1) is 22.8. The highest BCUT2D eigenvalue weighted by molar-refractivity contribution is 7.78. The molecule has 136 valence electrons. The number of rotatable bonds is 17. The summed E-state index contributed by atoms with van der Waals surface area (Å²) in [6.45, 7) is 7.86. The van der Waals surface area contributed by atoms with E-state index in [0.717, 1.165) is 0 Å². The second kappa shape index (κ2) is 16.6. The summed E-state index contributed by atoms with van der Waals surface area (Å²) in [5.41, 5.74) is 0. The average molecular weight is 370 g/mol. The van der Waals surface area contributed by atoms with Gasteiger partial charge in [0, 0.05) is 6.54 Å². The topological polar surface area (TPSA) is 87.6 Å². The minimum atomic E-state index is -3.20. The first-order chi connectivity index (χ1) is 11.2. The lowest BCUT2D eigenvalue weighted by Gasteiger charge is -2.17. The molecule has 0 amide bonds. The number of hydrogen-bond acceptors (Lipinski definition) is 8. The van der Waals surface area contributed by atoms with Gasteiger partial charge in [-0.05, 0) is 26.1 Å². The van der Waals surface area contributed by atoms with Crippen molar-refractivity contribution in [1.82, 2.24) is 5.09 Å². The van der Waals surface area contributed by atoms with Gasteiger partial charge >= 0.3 is 7.75 Å². The van der Waals surface area contributed by atoms with Crippen molar-refractivity contribution in [1.29, 1.82) is 0 Å². The van der Waals surface area contributed by atoms with Crippen LogP contribution in [-0.4, -0.2) is 71.1 Å². The van der Waals surface area contributed by atoms with Gasteiger partial charge in [-0.3, -0.25) is 9.05 Å². The van der Waals surface area contributed by atoms with E-state index in [9.17, 15) is 4.57 Å². The van der Waals surface area contributed by atoms with Gasteiger partial charge in [0.25, 0.3) is 0 Å². The molecule has 0 aliphatic heterocycles. The summed E-state index contributed by atoms with van der Waals surface area (Å²) in [6.07, 6.45) is 0. The van der Waals surface area contributed by atoms with Crippen molar-refractivity contribution in [3.63, 3.8) is 0 Å². The average Bonchev–Trinajstić information content (AvgIpc) is 2.52. The van der Waals surface area contributed by atoms with Gasteiger partial charge in [0.05, 0.1) is 64.6 Å². The van der Waals surface area contributed by atoms with Crippen molar-refractivity contribution in [3.05, 3.63) is 0 Å². The molecule has 0 fully saturated rings. The quantitative estimate of drug-likeness (QED) is 0.180. The van der Waals surface area contributed by atoms with E-state index >= 15 is 0 Å². The molecule has 0 bridgehead atoms. The van der Waals surface area contributed by atoms with Gasteiger partial charge in [-0.2, -0.15) is 0 Å². The lowest BCUT2D eigenvalue weighted by molar-refractivity contribution is 0.0169. The van der Waals surface area contributed by atoms with Crippen molar-refractivity contribution in [2.75, 3.05) is 65.9 Å². The molecule has 1 N–H and O–H groups in total. The molecule has 0 atom stereocenters. The molecule has 0 radical (unpaired) electrons. The van der Waals surface area contributed by atoms with Crippen LogP contribution >= 0.6 is 20.0 Å². The van der Waals surface area contributed by atoms with E-state index < -0.39 is 7.75 Å². The van der Waals surface area contributed by atoms with Crippen molar-refractivity contribution >= 4 is 25.1 Å². The predicted molar refractivity (Wildman–Crippen MR) is 91.2 cm³/mol. The number of ether oxygens (including phenoxy) is 3. The molecule has 0 aliphatic carbocycles. The Morgan fingerprint density at radius 3 is 2.00 bits per heavy atom. The van der Waals surface area contributed by atoms with Crippen LogP contribution in [0.2, 0.25) is 0 Å². The van der Waals surface area contributed by atoms with E-state index in [-0.39, 0.29) is 0 Å². The molecule has 0 unspecified atom stereocenters. The predicted octanol–water partition coefficient (Wildman–Crippen LogP) is 1.91. The molecule has 0 aliphatic rings. The maximum atomic E-state index is 12.0. The van der Waals surface area contributed by atoms with Gasteiger partial charge in [-0.25, -0.2) is 14.6 Å². The molecule has 0 heterocycles. The molecule has 0 spiro atoms. The van der Waals surface area contributed by atoms with Gasteiger partial charge in [0.2, 0.25) is 0 Å². The zero-order valence-corrected chi connectivity index (χ0v) is 15.5. The molecule has 23 heavy (non-hydrogen) atoms. The zero-order valence-electron chi connectivity index (χ0n) is 13.8. The summed E-state index contributed by atoms with van der Waals surface area (Å²) < 4.78 is 38.1. The van der Waals surface area contributed by atoms with Crippen molar-refractivity contribution in [2.24, 2.45) is 4.99 Å². The Labute approximate surface area is 143 Å². The fraction of sp³-hybridized carbons (Fsp3) is 0.923. The molecule has 0 aromatic heterocycles. The molecular weight excluding hydrogens is 343 g/mol. The summed E-state index contributed by atoms with van der Waals surface area (Å²) in [4.78, 5) is 3.72. The van der Waals surface area contributed by atoms with Crippen LogP contribution in [-0.2, 0) is 27.8 Å². The van der Waals surface area contributed by atoms with Gasteiger partial charge in [0.1, 0.15) is 0 Å². The van der Waals surface area contributed by atoms with Crippen molar-refractivity contribution in [3.8, 4) is 0 Å². The summed E-state index contributed by atoms with van der Waals surface area (Å²) in [5.74, 6) is 0. The van der Waals surface area contributed by atoms with Crippen LogP contribution in [0.1, 0.15) is 13.8 Å². The first-order valence-corrected chi connectivity index (χ1v) is 9.54. The number of isothiocyanates is 1. The highest BCUT2D eigenvalue weighted by Gasteiger charge is 2.22. The monoisotopic (exact) mass is 370 g/mol. The standard InChI is InChI=1S/C13H27N2O6PS/c1-3-20-22(16,21-4-2)15-6-8-18-10-12-19-11-9-17-7-5-14-13-23/h3-12H2,1-2H3,(H,15,16).